The van der Waals surface area contributed by atoms with Crippen molar-refractivity contribution in [2.24, 2.45) is 11.8 Å². The summed E-state index contributed by atoms with van der Waals surface area (Å²) in [6.07, 6.45) is 4.20. The third-order valence-corrected chi connectivity index (χ3v) is 4.11. The highest BCUT2D eigenvalue weighted by Crippen LogP contribution is 2.27. The lowest BCUT2D eigenvalue weighted by molar-refractivity contribution is 0.189. The molecule has 5 heteroatoms. The Hall–Kier alpha value is -1.25. The molecule has 21 heavy (non-hydrogen) atoms. The minimum absolute atomic E-state index is 0.204. The molecule has 0 aromatic rings. The van der Waals surface area contributed by atoms with Crippen LogP contribution in [0, 0.1) is 23.7 Å². The van der Waals surface area contributed by atoms with E-state index in [2.05, 4.69) is 29.0 Å². The van der Waals surface area contributed by atoms with Gasteiger partial charge in [0.25, 0.3) is 0 Å². The van der Waals surface area contributed by atoms with Crippen molar-refractivity contribution in [2.45, 2.75) is 39.0 Å². The number of nitrogens with one attached hydrogen (secondary N) is 1. The predicted octanol–water partition coefficient (Wildman–Crippen LogP) is 1.77. The highest BCUT2D eigenvalue weighted by atomic mass is 16.4. The molecule has 3 N–H and O–H groups in total. The SMILES string of the molecule is CCN(CCO)CCC#CC1CCC(CNC(=O)O)CC1. The Kier molecular flexibility index (Phi) is 8.88. The second-order valence-corrected chi connectivity index (χ2v) is 5.63. The number of nitrogens with zero attached hydrogens (tertiary/aromatic N) is 1. The summed E-state index contributed by atoms with van der Waals surface area (Å²) in [4.78, 5) is 12.7. The van der Waals surface area contributed by atoms with Gasteiger partial charge in [-0.2, -0.15) is 0 Å². The lowest BCUT2D eigenvalue weighted by Gasteiger charge is -2.25. The van der Waals surface area contributed by atoms with Crippen LogP contribution in [-0.2, 0) is 0 Å². The fourth-order valence-electron chi connectivity index (χ4n) is 2.74. The van der Waals surface area contributed by atoms with E-state index in [1.807, 2.05) is 0 Å². The normalized spacial score (nSPS) is 21.7. The summed E-state index contributed by atoms with van der Waals surface area (Å²) in [5.41, 5.74) is 0. The molecule has 120 valence electrons. The lowest BCUT2D eigenvalue weighted by Crippen LogP contribution is -2.29. The van der Waals surface area contributed by atoms with Crippen LogP contribution in [0.15, 0.2) is 0 Å². The third-order valence-electron chi connectivity index (χ3n) is 4.11. The number of amides is 1. The molecular weight excluding hydrogens is 268 g/mol. The van der Waals surface area contributed by atoms with Gasteiger partial charge in [-0.05, 0) is 38.1 Å². The summed E-state index contributed by atoms with van der Waals surface area (Å²) >= 11 is 0. The summed E-state index contributed by atoms with van der Waals surface area (Å²) in [6.45, 7) is 5.46. The number of aliphatic hydroxyl groups excluding tert-OH is 1. The maximum Gasteiger partial charge on any atom is 0.404 e. The van der Waals surface area contributed by atoms with Gasteiger partial charge >= 0.3 is 6.09 Å². The Bertz CT molecular complexity index is 354. The van der Waals surface area contributed by atoms with Crippen LogP contribution in [0.1, 0.15) is 39.0 Å². The number of hydrogen-bond acceptors (Lipinski definition) is 3. The number of aliphatic hydroxyl groups is 1. The van der Waals surface area contributed by atoms with Crippen molar-refractivity contribution in [1.29, 1.82) is 0 Å². The van der Waals surface area contributed by atoms with E-state index in [9.17, 15) is 4.79 Å². The van der Waals surface area contributed by atoms with Gasteiger partial charge in [0, 0.05) is 32.0 Å². The van der Waals surface area contributed by atoms with Gasteiger partial charge in [-0.25, -0.2) is 4.79 Å². The van der Waals surface area contributed by atoms with E-state index < -0.39 is 6.09 Å². The molecule has 0 saturated heterocycles. The van der Waals surface area contributed by atoms with Gasteiger partial charge in [0.05, 0.1) is 6.61 Å². The molecule has 1 rings (SSSR count). The van der Waals surface area contributed by atoms with Gasteiger partial charge in [-0.1, -0.05) is 12.8 Å². The van der Waals surface area contributed by atoms with Crippen LogP contribution in [0.25, 0.3) is 0 Å². The Morgan fingerprint density at radius 1 is 1.29 bits per heavy atom. The molecule has 1 fully saturated rings. The van der Waals surface area contributed by atoms with Gasteiger partial charge in [0.1, 0.15) is 0 Å². The van der Waals surface area contributed by atoms with Crippen LogP contribution in [0.2, 0.25) is 0 Å². The fraction of sp³-hybridized carbons (Fsp3) is 0.812. The fourth-order valence-corrected chi connectivity index (χ4v) is 2.74. The first kappa shape index (κ1) is 17.8. The summed E-state index contributed by atoms with van der Waals surface area (Å²) in [7, 11) is 0. The molecular formula is C16H28N2O3. The Morgan fingerprint density at radius 2 is 2.00 bits per heavy atom. The number of likely N-dealkylation sites (N-methyl/N-ethyl adjacent to an activating group) is 1. The van der Waals surface area contributed by atoms with Crippen molar-refractivity contribution in [1.82, 2.24) is 10.2 Å². The van der Waals surface area contributed by atoms with Gasteiger partial charge in [-0.3, -0.25) is 0 Å². The summed E-state index contributed by atoms with van der Waals surface area (Å²) in [5, 5.41) is 20.0. The molecule has 0 spiro atoms. The predicted molar refractivity (Wildman–Crippen MR) is 83.1 cm³/mol. The molecule has 0 heterocycles. The number of carbonyl (C=O) groups is 1. The first-order valence-electron chi connectivity index (χ1n) is 7.94. The smallest absolute Gasteiger partial charge is 0.404 e. The third kappa shape index (κ3) is 7.93. The van der Waals surface area contributed by atoms with E-state index in [1.54, 1.807) is 0 Å². The standard InChI is InChI=1S/C16H28N2O3/c1-2-18(11-12-19)10-4-3-5-14-6-8-15(9-7-14)13-17-16(20)21/h14-15,17,19H,2,4,6-13H2,1H3,(H,20,21). The van der Waals surface area contributed by atoms with Gasteiger partial charge in [-0.15, -0.1) is 5.92 Å². The number of carboxylic acid groups (broad SMARTS) is 1. The largest absolute Gasteiger partial charge is 0.465 e. The Balaban J connectivity index is 2.17. The van der Waals surface area contributed by atoms with Crippen LogP contribution in [-0.4, -0.2) is 54.0 Å². The van der Waals surface area contributed by atoms with E-state index in [0.29, 0.717) is 18.4 Å². The molecule has 0 aromatic heterocycles. The molecule has 0 bridgehead atoms. The minimum Gasteiger partial charge on any atom is -0.465 e. The molecule has 0 aliphatic heterocycles. The summed E-state index contributed by atoms with van der Waals surface area (Å²) in [6, 6.07) is 0. The molecule has 0 radical (unpaired) electrons. The van der Waals surface area contributed by atoms with Crippen LogP contribution >= 0.6 is 0 Å². The van der Waals surface area contributed by atoms with Gasteiger partial charge in [0.15, 0.2) is 0 Å². The second kappa shape index (κ2) is 10.5. The highest BCUT2D eigenvalue weighted by Gasteiger charge is 2.19. The molecule has 0 unspecified atom stereocenters. The van der Waals surface area contributed by atoms with Crippen molar-refractivity contribution >= 4 is 6.09 Å². The molecule has 1 aliphatic rings. The van der Waals surface area contributed by atoms with Crippen molar-refractivity contribution in [3.05, 3.63) is 0 Å². The topological polar surface area (TPSA) is 72.8 Å². The molecule has 1 saturated carbocycles. The van der Waals surface area contributed by atoms with Gasteiger partial charge < -0.3 is 20.4 Å². The zero-order valence-electron chi connectivity index (χ0n) is 13.0. The molecule has 1 aliphatic carbocycles. The van der Waals surface area contributed by atoms with Crippen LogP contribution in [0.5, 0.6) is 0 Å². The maximum absolute atomic E-state index is 10.5. The number of hydrogen-bond donors (Lipinski definition) is 3. The first-order valence-corrected chi connectivity index (χ1v) is 7.94. The second-order valence-electron chi connectivity index (χ2n) is 5.63. The van der Waals surface area contributed by atoms with Crippen LogP contribution in [0.3, 0.4) is 0 Å². The van der Waals surface area contributed by atoms with Crippen molar-refractivity contribution in [3.8, 4) is 11.8 Å². The molecule has 1 amide bonds. The van der Waals surface area contributed by atoms with Crippen LogP contribution < -0.4 is 5.32 Å². The van der Waals surface area contributed by atoms with Crippen molar-refractivity contribution < 1.29 is 15.0 Å². The minimum atomic E-state index is -0.930. The van der Waals surface area contributed by atoms with E-state index >= 15 is 0 Å². The van der Waals surface area contributed by atoms with E-state index in [-0.39, 0.29) is 6.61 Å². The zero-order chi connectivity index (χ0) is 15.5. The molecule has 0 atom stereocenters. The quantitative estimate of drug-likeness (QED) is 0.626. The Labute approximate surface area is 127 Å². The monoisotopic (exact) mass is 296 g/mol. The lowest BCUT2D eigenvalue weighted by atomic mass is 9.82. The number of rotatable bonds is 7. The van der Waals surface area contributed by atoms with Gasteiger partial charge in [0.2, 0.25) is 0 Å². The maximum atomic E-state index is 10.5. The zero-order valence-corrected chi connectivity index (χ0v) is 13.0. The first-order chi connectivity index (χ1) is 10.2. The van der Waals surface area contributed by atoms with E-state index in [4.69, 9.17) is 10.2 Å². The van der Waals surface area contributed by atoms with Crippen molar-refractivity contribution in [2.75, 3.05) is 32.8 Å². The average molecular weight is 296 g/mol. The van der Waals surface area contributed by atoms with E-state index in [1.165, 1.54) is 0 Å². The summed E-state index contributed by atoms with van der Waals surface area (Å²) in [5.74, 6) is 7.56. The van der Waals surface area contributed by atoms with Crippen molar-refractivity contribution in [3.63, 3.8) is 0 Å². The summed E-state index contributed by atoms with van der Waals surface area (Å²) < 4.78 is 0. The molecule has 0 aromatic carbocycles. The van der Waals surface area contributed by atoms with Crippen LogP contribution in [0.4, 0.5) is 4.79 Å². The highest BCUT2D eigenvalue weighted by molar-refractivity contribution is 5.64. The Morgan fingerprint density at radius 3 is 2.57 bits per heavy atom. The average Bonchev–Trinajstić information content (AvgIpc) is 2.49. The molecule has 5 nitrogen and oxygen atoms in total. The van der Waals surface area contributed by atoms with E-state index in [0.717, 1.165) is 51.7 Å².